The number of H-pyrrole nitrogens is 2. The summed E-state index contributed by atoms with van der Waals surface area (Å²) in [5.74, 6) is -1.84. The lowest BCUT2D eigenvalue weighted by molar-refractivity contribution is -0.108. The maximum absolute atomic E-state index is 15.1. The van der Waals surface area contributed by atoms with Crippen molar-refractivity contribution in [1.82, 2.24) is 15.0 Å². The minimum atomic E-state index is -1.13. The van der Waals surface area contributed by atoms with Crippen molar-refractivity contribution in [1.29, 1.82) is 0 Å². The molecule has 230 valence electrons. The highest BCUT2D eigenvalue weighted by Crippen LogP contribution is 2.47. The Morgan fingerprint density at radius 3 is 2.73 bits per heavy atom. The Labute approximate surface area is 256 Å². The van der Waals surface area contributed by atoms with Crippen molar-refractivity contribution in [2.24, 2.45) is 0 Å². The molecule has 6 rings (SSSR count). The van der Waals surface area contributed by atoms with Gasteiger partial charge in [-0.3, -0.25) is 0 Å². The quantitative estimate of drug-likeness (QED) is 0.120. The van der Waals surface area contributed by atoms with Crippen molar-refractivity contribution in [2.75, 3.05) is 20.0 Å². The van der Waals surface area contributed by atoms with E-state index >= 15 is 8.78 Å². The van der Waals surface area contributed by atoms with Gasteiger partial charge in [0.2, 0.25) is 5.82 Å². The number of nitrogens with zero attached hydrogens (tertiary/aromatic N) is 1. The second-order valence-corrected chi connectivity index (χ2v) is 11.4. The molecule has 5 aromatic rings. The number of aromatic amines is 2. The van der Waals surface area contributed by atoms with E-state index in [1.54, 1.807) is 18.5 Å². The third kappa shape index (κ3) is 5.35. The van der Waals surface area contributed by atoms with Crippen LogP contribution in [0.15, 0.2) is 59.8 Å². The molecule has 1 aliphatic rings. The summed E-state index contributed by atoms with van der Waals surface area (Å²) in [7, 11) is 1.00. The van der Waals surface area contributed by atoms with E-state index in [0.29, 0.717) is 29.7 Å². The molecule has 1 aliphatic heterocycles. The summed E-state index contributed by atoms with van der Waals surface area (Å²) in [5, 5.41) is 7.49. The first-order chi connectivity index (χ1) is 21.3. The number of carbonyl (C=O) groups excluding carboxylic acids is 1. The topological polar surface area (TPSA) is 100 Å². The average Bonchev–Trinajstić information content (AvgIpc) is 3.73. The van der Waals surface area contributed by atoms with Crippen LogP contribution in [0.5, 0.6) is 17.2 Å². The van der Waals surface area contributed by atoms with Gasteiger partial charge in [0.1, 0.15) is 29.4 Å². The number of aliphatic hydroxyl groups is 1. The smallest absolute Gasteiger partial charge is 0.204 e. The average molecular weight is 624 g/mol. The number of para-hydroxylation sites is 1. The molecule has 0 radical (unpaired) electrons. The Kier molecular flexibility index (Phi) is 9.07. The Hall–Kier alpha value is -4.22. The van der Waals surface area contributed by atoms with Crippen LogP contribution in [0.1, 0.15) is 49.4 Å². The van der Waals surface area contributed by atoms with Crippen LogP contribution in [0.3, 0.4) is 0 Å². The van der Waals surface area contributed by atoms with Gasteiger partial charge >= 0.3 is 0 Å². The van der Waals surface area contributed by atoms with E-state index in [1.165, 1.54) is 36.2 Å². The van der Waals surface area contributed by atoms with Crippen molar-refractivity contribution >= 4 is 29.0 Å². The summed E-state index contributed by atoms with van der Waals surface area (Å²) in [6, 6.07) is 11.6. The Bertz CT molecular complexity index is 1820. The predicted octanol–water partition coefficient (Wildman–Crippen LogP) is 7.88. The number of nitrogens with one attached hydrogen (secondary N) is 2. The van der Waals surface area contributed by atoms with Gasteiger partial charge in [-0.15, -0.1) is 11.8 Å². The molecule has 11 heteroatoms. The SMILES string of the molecule is CO.CSc1c(Oc2ccc(F)c(-c3ncc([C@@]4(C)CCOc5c(C(C)CC=O)cccc54)[nH]3)c2)c(F)c(F)c2[nH]ccc12. The van der Waals surface area contributed by atoms with E-state index in [2.05, 4.69) is 21.9 Å². The Balaban J connectivity index is 0.00000188. The van der Waals surface area contributed by atoms with Crippen LogP contribution in [0.2, 0.25) is 0 Å². The first-order valence-corrected chi connectivity index (χ1v) is 15.2. The summed E-state index contributed by atoms with van der Waals surface area (Å²) in [6.07, 6.45) is 6.91. The minimum absolute atomic E-state index is 0.00291. The normalized spacial score (nSPS) is 16.5. The second kappa shape index (κ2) is 12.8. The fraction of sp³-hybridized carbons (Fsp3) is 0.273. The van der Waals surface area contributed by atoms with Gasteiger partial charge in [-0.2, -0.15) is 4.39 Å². The standard InChI is InChI=1S/C32H28F3N3O3S.CH4O/c1-17(10-13-39)19-5-4-6-22-28(19)40-14-11-32(22,2)24-16-37-31(38-24)21-15-18(7-8-23(21)33)41-29-26(35)25(34)27-20(9-12-36-27)30(29)42-3;1-2/h4-9,12-13,15-17,36H,10-11,14H2,1-3H3,(H,37,38);2H,1H3/t17?,32-;/m0./s1. The zero-order chi connectivity index (χ0) is 31.6. The summed E-state index contributed by atoms with van der Waals surface area (Å²) in [5.41, 5.74) is 2.35. The molecule has 0 saturated heterocycles. The lowest BCUT2D eigenvalue weighted by Crippen LogP contribution is -2.32. The molecule has 1 unspecified atom stereocenters. The second-order valence-electron chi connectivity index (χ2n) is 10.6. The number of thioether (sulfide) groups is 1. The Morgan fingerprint density at radius 1 is 1.18 bits per heavy atom. The van der Waals surface area contributed by atoms with Crippen molar-refractivity contribution in [3.63, 3.8) is 0 Å². The number of carbonyl (C=O) groups is 1. The van der Waals surface area contributed by atoms with E-state index < -0.39 is 22.9 Å². The van der Waals surface area contributed by atoms with E-state index in [-0.39, 0.29) is 34.3 Å². The molecule has 3 heterocycles. The number of aldehydes is 1. The molecule has 0 aliphatic carbocycles. The highest BCUT2D eigenvalue weighted by atomic mass is 32.2. The molecule has 0 fully saturated rings. The van der Waals surface area contributed by atoms with Gasteiger partial charge in [0, 0.05) is 48.0 Å². The monoisotopic (exact) mass is 623 g/mol. The van der Waals surface area contributed by atoms with Crippen LogP contribution >= 0.6 is 11.8 Å². The molecule has 3 aromatic carbocycles. The molecule has 0 bridgehead atoms. The third-order valence-corrected chi connectivity index (χ3v) is 8.88. The third-order valence-electron chi connectivity index (χ3n) is 8.07. The van der Waals surface area contributed by atoms with Crippen LogP contribution in [-0.2, 0) is 10.2 Å². The van der Waals surface area contributed by atoms with Crippen molar-refractivity contribution < 1.29 is 32.5 Å². The molecule has 0 amide bonds. The van der Waals surface area contributed by atoms with Gasteiger partial charge in [-0.1, -0.05) is 25.1 Å². The van der Waals surface area contributed by atoms with Crippen LogP contribution in [0, 0.1) is 17.5 Å². The number of rotatable bonds is 8. The first kappa shape index (κ1) is 31.2. The Morgan fingerprint density at radius 2 is 1.98 bits per heavy atom. The first-order valence-electron chi connectivity index (χ1n) is 14.0. The predicted molar refractivity (Wildman–Crippen MR) is 164 cm³/mol. The molecule has 2 atom stereocenters. The molecular weight excluding hydrogens is 591 g/mol. The van der Waals surface area contributed by atoms with Gasteiger partial charge in [0.05, 0.1) is 22.6 Å². The van der Waals surface area contributed by atoms with E-state index in [0.717, 1.165) is 36.0 Å². The molecule has 3 N–H and O–H groups in total. The number of hydrogen-bond acceptors (Lipinski definition) is 6. The number of benzene rings is 3. The molecule has 2 aromatic heterocycles. The number of halogens is 3. The number of aromatic nitrogens is 3. The summed E-state index contributed by atoms with van der Waals surface area (Å²) in [6.45, 7) is 4.53. The van der Waals surface area contributed by atoms with Crippen LogP contribution < -0.4 is 9.47 Å². The number of hydrogen-bond donors (Lipinski definition) is 3. The van der Waals surface area contributed by atoms with Gasteiger partial charge in [0.15, 0.2) is 11.6 Å². The van der Waals surface area contributed by atoms with Crippen LogP contribution in [0.4, 0.5) is 13.2 Å². The van der Waals surface area contributed by atoms with Crippen LogP contribution in [-0.4, -0.2) is 46.3 Å². The maximum Gasteiger partial charge on any atom is 0.204 e. The fourth-order valence-corrected chi connectivity index (χ4v) is 6.36. The van der Waals surface area contributed by atoms with Gasteiger partial charge in [0.25, 0.3) is 0 Å². The lowest BCUT2D eigenvalue weighted by atomic mass is 9.74. The molecular formula is C33H32F3N3O4S. The largest absolute Gasteiger partial charge is 0.493 e. The number of imidazole rings is 1. The van der Waals surface area contributed by atoms with Crippen molar-refractivity contribution in [3.8, 4) is 28.6 Å². The lowest BCUT2D eigenvalue weighted by Gasteiger charge is -2.36. The summed E-state index contributed by atoms with van der Waals surface area (Å²) < 4.78 is 56.9. The highest BCUT2D eigenvalue weighted by Gasteiger charge is 2.38. The van der Waals surface area contributed by atoms with Gasteiger partial charge in [-0.25, -0.2) is 13.8 Å². The number of fused-ring (bicyclic) bond motifs is 2. The molecule has 44 heavy (non-hydrogen) atoms. The number of aliphatic hydroxyl groups excluding tert-OH is 1. The van der Waals surface area contributed by atoms with Crippen LogP contribution in [0.25, 0.3) is 22.3 Å². The van der Waals surface area contributed by atoms with E-state index in [4.69, 9.17) is 14.6 Å². The fourth-order valence-electron chi connectivity index (χ4n) is 5.65. The maximum atomic E-state index is 15.1. The van der Waals surface area contributed by atoms with E-state index in [1.807, 2.05) is 25.1 Å². The molecule has 0 saturated carbocycles. The van der Waals surface area contributed by atoms with Crippen molar-refractivity contribution in [2.45, 2.75) is 42.9 Å². The minimum Gasteiger partial charge on any atom is -0.493 e. The van der Waals surface area contributed by atoms with Gasteiger partial charge < -0.3 is 29.3 Å². The van der Waals surface area contributed by atoms with Crippen molar-refractivity contribution in [3.05, 3.63) is 89.1 Å². The highest BCUT2D eigenvalue weighted by molar-refractivity contribution is 7.99. The van der Waals surface area contributed by atoms with E-state index in [9.17, 15) is 9.18 Å². The molecule has 0 spiro atoms. The summed E-state index contributed by atoms with van der Waals surface area (Å²) >= 11 is 1.22. The zero-order valence-corrected chi connectivity index (χ0v) is 25.4. The zero-order valence-electron chi connectivity index (χ0n) is 24.6. The number of ether oxygens (including phenoxy) is 2. The van der Waals surface area contributed by atoms with Gasteiger partial charge in [-0.05, 0) is 55.3 Å². The summed E-state index contributed by atoms with van der Waals surface area (Å²) in [4.78, 5) is 22.1. The molecule has 7 nitrogen and oxygen atoms in total.